The molecule has 0 aromatic heterocycles. The molecule has 0 atom stereocenters. The average Bonchev–Trinajstić information content (AvgIpc) is 2.46. The summed E-state index contributed by atoms with van der Waals surface area (Å²) in [4.78, 5) is 23.7. The molecule has 0 fully saturated rings. The Morgan fingerprint density at radius 3 is 2.25 bits per heavy atom. The Morgan fingerprint density at radius 1 is 0.950 bits per heavy atom. The van der Waals surface area contributed by atoms with E-state index in [1.54, 1.807) is 30.3 Å². The molecule has 0 radical (unpaired) electrons. The Labute approximate surface area is 114 Å². The molecule has 5 heteroatoms. The van der Waals surface area contributed by atoms with Gasteiger partial charge in [0, 0.05) is 22.4 Å². The maximum atomic E-state index is 11.9. The van der Waals surface area contributed by atoms with Crippen LogP contribution in [0, 0.1) is 0 Å². The minimum atomic E-state index is -0.431. The van der Waals surface area contributed by atoms with Gasteiger partial charge in [-0.3, -0.25) is 14.9 Å². The van der Waals surface area contributed by atoms with Crippen molar-refractivity contribution in [3.63, 3.8) is 0 Å². The number of hydrogen-bond donors (Lipinski definition) is 3. The average molecular weight is 271 g/mol. The third-order valence-electron chi connectivity index (χ3n) is 3.67. The van der Waals surface area contributed by atoms with E-state index in [0.717, 1.165) is 10.9 Å². The van der Waals surface area contributed by atoms with Crippen LogP contribution in [-0.2, 0) is 0 Å². The van der Waals surface area contributed by atoms with Crippen molar-refractivity contribution in [3.8, 4) is 0 Å². The van der Waals surface area contributed by atoms with E-state index in [-0.39, 0.29) is 13.2 Å². The smallest absolute Gasteiger partial charge is 0.258 e. The molecule has 2 aromatic carbocycles. The molecule has 2 amide bonds. The molecule has 3 N–H and O–H groups in total. The van der Waals surface area contributed by atoms with Crippen LogP contribution in [0.2, 0.25) is 0 Å². The molecule has 0 saturated heterocycles. The molecule has 5 nitrogen and oxygen atoms in total. The summed E-state index contributed by atoms with van der Waals surface area (Å²) in [7, 11) is 0. The first-order valence-corrected chi connectivity index (χ1v) is 6.30. The zero-order valence-electron chi connectivity index (χ0n) is 10.6. The van der Waals surface area contributed by atoms with Crippen molar-refractivity contribution in [1.29, 1.82) is 0 Å². The van der Waals surface area contributed by atoms with Gasteiger partial charge in [0.25, 0.3) is 11.8 Å². The van der Waals surface area contributed by atoms with Gasteiger partial charge in [-0.25, -0.2) is 0 Å². The van der Waals surface area contributed by atoms with Crippen LogP contribution in [0.25, 0.3) is 10.8 Å². The molecule has 0 unspecified atom stereocenters. The lowest BCUT2D eigenvalue weighted by molar-refractivity contribution is 0.0845. The lowest BCUT2D eigenvalue weighted by atomic mass is 9.88. The van der Waals surface area contributed by atoms with Crippen molar-refractivity contribution >= 4 is 22.6 Å². The summed E-state index contributed by atoms with van der Waals surface area (Å²) in [6, 6.07) is 8.52. The third kappa shape index (κ3) is 1.71. The summed E-state index contributed by atoms with van der Waals surface area (Å²) >= 11 is 0. The van der Waals surface area contributed by atoms with Gasteiger partial charge in [-0.1, -0.05) is 18.2 Å². The first-order valence-electron chi connectivity index (χ1n) is 6.30. The number of rotatable bonds is 3. The third-order valence-corrected chi connectivity index (χ3v) is 3.67. The lowest BCUT2D eigenvalue weighted by Gasteiger charge is -2.21. The Kier molecular flexibility index (Phi) is 3.00. The Hall–Kier alpha value is -2.24. The van der Waals surface area contributed by atoms with Gasteiger partial charge in [-0.2, -0.15) is 0 Å². The number of carbonyl (C=O) groups excluding carboxylic acids is 2. The maximum Gasteiger partial charge on any atom is 0.258 e. The summed E-state index contributed by atoms with van der Waals surface area (Å²) in [5.74, 6) is -1.27. The number of hydrogen-bond acceptors (Lipinski definition) is 4. The maximum absolute atomic E-state index is 11.9. The number of amides is 2. The second-order valence-electron chi connectivity index (χ2n) is 4.78. The van der Waals surface area contributed by atoms with Crippen LogP contribution in [0.3, 0.4) is 0 Å². The van der Waals surface area contributed by atoms with Crippen LogP contribution < -0.4 is 5.32 Å². The number of imide groups is 1. The van der Waals surface area contributed by atoms with E-state index >= 15 is 0 Å². The van der Waals surface area contributed by atoms with Gasteiger partial charge in [-0.15, -0.1) is 0 Å². The van der Waals surface area contributed by atoms with E-state index in [2.05, 4.69) is 5.32 Å². The van der Waals surface area contributed by atoms with E-state index < -0.39 is 17.7 Å². The lowest BCUT2D eigenvalue weighted by Crippen LogP contribution is -2.34. The molecule has 102 valence electrons. The fourth-order valence-electron chi connectivity index (χ4n) is 2.66. The highest BCUT2D eigenvalue weighted by molar-refractivity contribution is 6.25. The van der Waals surface area contributed by atoms with Crippen molar-refractivity contribution in [1.82, 2.24) is 5.32 Å². The minimum Gasteiger partial charge on any atom is -0.396 e. The number of aliphatic hydroxyl groups excluding tert-OH is 2. The van der Waals surface area contributed by atoms with Crippen LogP contribution in [0.1, 0.15) is 32.2 Å². The van der Waals surface area contributed by atoms with Crippen LogP contribution in [0.4, 0.5) is 0 Å². The van der Waals surface area contributed by atoms with Crippen LogP contribution in [-0.4, -0.2) is 35.2 Å². The predicted molar refractivity (Wildman–Crippen MR) is 72.7 cm³/mol. The minimum absolute atomic E-state index is 0.199. The summed E-state index contributed by atoms with van der Waals surface area (Å²) in [6.45, 7) is -0.398. The molecule has 3 rings (SSSR count). The number of carbonyl (C=O) groups is 2. The molecule has 0 aliphatic carbocycles. The van der Waals surface area contributed by atoms with Crippen molar-refractivity contribution in [3.05, 3.63) is 47.0 Å². The van der Waals surface area contributed by atoms with E-state index in [0.29, 0.717) is 16.5 Å². The SMILES string of the molecule is O=C1NC(=O)c2ccc(C(CO)CO)c3cccc1c23. The summed E-state index contributed by atoms with van der Waals surface area (Å²) in [5, 5.41) is 22.3. The Balaban J connectivity index is 2.37. The summed E-state index contributed by atoms with van der Waals surface area (Å²) < 4.78 is 0. The van der Waals surface area contributed by atoms with Gasteiger partial charge in [0.2, 0.25) is 0 Å². The fourth-order valence-corrected chi connectivity index (χ4v) is 2.66. The molecule has 1 aliphatic heterocycles. The van der Waals surface area contributed by atoms with Gasteiger partial charge in [-0.05, 0) is 23.1 Å². The highest BCUT2D eigenvalue weighted by Crippen LogP contribution is 2.32. The Bertz CT molecular complexity index is 699. The highest BCUT2D eigenvalue weighted by atomic mass is 16.3. The molecule has 2 aromatic rings. The summed E-state index contributed by atoms with van der Waals surface area (Å²) in [6.07, 6.45) is 0. The normalized spacial score (nSPS) is 13.9. The largest absolute Gasteiger partial charge is 0.396 e. The molecule has 20 heavy (non-hydrogen) atoms. The molecular formula is C15H13NO4. The highest BCUT2D eigenvalue weighted by Gasteiger charge is 2.26. The predicted octanol–water partition coefficient (Wildman–Crippen LogP) is 0.792. The summed E-state index contributed by atoms with van der Waals surface area (Å²) in [5.41, 5.74) is 1.61. The van der Waals surface area contributed by atoms with Crippen molar-refractivity contribution in [2.24, 2.45) is 0 Å². The van der Waals surface area contributed by atoms with E-state index in [1.165, 1.54) is 0 Å². The fraction of sp³-hybridized carbons (Fsp3) is 0.200. The Morgan fingerprint density at radius 2 is 1.60 bits per heavy atom. The molecule has 0 saturated carbocycles. The van der Waals surface area contributed by atoms with Gasteiger partial charge in [0.05, 0.1) is 13.2 Å². The second-order valence-corrected chi connectivity index (χ2v) is 4.78. The van der Waals surface area contributed by atoms with Crippen LogP contribution in [0.15, 0.2) is 30.3 Å². The molecule has 1 aliphatic rings. The van der Waals surface area contributed by atoms with Gasteiger partial charge in [0.15, 0.2) is 0 Å². The topological polar surface area (TPSA) is 86.6 Å². The molecule has 0 bridgehead atoms. The quantitative estimate of drug-likeness (QED) is 0.720. The van der Waals surface area contributed by atoms with Crippen molar-refractivity contribution in [2.45, 2.75) is 5.92 Å². The standard InChI is InChI=1S/C15H13NO4/c17-6-8(7-18)9-4-5-12-13-10(9)2-1-3-11(13)14(19)16-15(12)20/h1-5,8,17-18H,6-7H2,(H,16,19,20). The molecular weight excluding hydrogens is 258 g/mol. The van der Waals surface area contributed by atoms with Gasteiger partial charge in [0.1, 0.15) is 0 Å². The molecule has 1 heterocycles. The van der Waals surface area contributed by atoms with Crippen LogP contribution >= 0.6 is 0 Å². The van der Waals surface area contributed by atoms with Gasteiger partial charge >= 0.3 is 0 Å². The monoisotopic (exact) mass is 271 g/mol. The van der Waals surface area contributed by atoms with Crippen LogP contribution in [0.5, 0.6) is 0 Å². The zero-order valence-corrected chi connectivity index (χ0v) is 10.6. The number of nitrogens with one attached hydrogen (secondary N) is 1. The second kappa shape index (κ2) is 4.70. The van der Waals surface area contributed by atoms with E-state index in [1.807, 2.05) is 0 Å². The van der Waals surface area contributed by atoms with Gasteiger partial charge < -0.3 is 10.2 Å². The van der Waals surface area contributed by atoms with Crippen molar-refractivity contribution < 1.29 is 19.8 Å². The van der Waals surface area contributed by atoms with Crippen molar-refractivity contribution in [2.75, 3.05) is 13.2 Å². The molecule has 0 spiro atoms. The van der Waals surface area contributed by atoms with E-state index in [4.69, 9.17) is 0 Å². The first-order chi connectivity index (χ1) is 9.67. The number of aliphatic hydroxyl groups is 2. The first kappa shape index (κ1) is 12.8. The zero-order chi connectivity index (χ0) is 14.3. The number of benzene rings is 2. The van der Waals surface area contributed by atoms with E-state index in [9.17, 15) is 19.8 Å².